The summed E-state index contributed by atoms with van der Waals surface area (Å²) in [5, 5.41) is 2.62. The molecule has 17 heavy (non-hydrogen) atoms. The lowest BCUT2D eigenvalue weighted by atomic mass is 10.2. The Balaban J connectivity index is 2.34. The third kappa shape index (κ3) is 4.60. The van der Waals surface area contributed by atoms with Crippen LogP contribution in [0.15, 0.2) is 6.07 Å². The number of methoxy groups -OCH3 is 1. The number of unbranched alkanes of at least 4 members (excludes halogenated alkanes) is 2. The van der Waals surface area contributed by atoms with Gasteiger partial charge in [-0.05, 0) is 19.3 Å². The first-order chi connectivity index (χ1) is 8.15. The van der Waals surface area contributed by atoms with E-state index < -0.39 is 17.6 Å². The van der Waals surface area contributed by atoms with Crippen LogP contribution in [0.2, 0.25) is 0 Å². The summed E-state index contributed by atoms with van der Waals surface area (Å²) in [6, 6.07) is 0.482. The van der Waals surface area contributed by atoms with Crippen molar-refractivity contribution in [2.24, 2.45) is 0 Å². The summed E-state index contributed by atoms with van der Waals surface area (Å²) in [5.74, 6) is -3.72. The Labute approximate surface area is 98.0 Å². The van der Waals surface area contributed by atoms with Gasteiger partial charge in [0.2, 0.25) is 0 Å². The maximum Gasteiger partial charge on any atom is 0.251 e. The first kappa shape index (κ1) is 13.8. The van der Waals surface area contributed by atoms with Crippen LogP contribution in [0.5, 0.6) is 0 Å². The van der Waals surface area contributed by atoms with Crippen LogP contribution in [0.4, 0.5) is 19.0 Å². The van der Waals surface area contributed by atoms with Crippen molar-refractivity contribution in [2.45, 2.75) is 19.3 Å². The molecule has 1 rings (SSSR count). The topological polar surface area (TPSA) is 34.1 Å². The van der Waals surface area contributed by atoms with E-state index >= 15 is 0 Å². The number of aromatic nitrogens is 1. The summed E-state index contributed by atoms with van der Waals surface area (Å²) in [5.41, 5.74) is 0. The van der Waals surface area contributed by atoms with E-state index in [0.717, 1.165) is 19.3 Å². The van der Waals surface area contributed by atoms with Gasteiger partial charge in [0.05, 0.1) is 0 Å². The summed E-state index contributed by atoms with van der Waals surface area (Å²) in [7, 11) is 1.62. The van der Waals surface area contributed by atoms with Gasteiger partial charge in [-0.1, -0.05) is 0 Å². The molecule has 0 unspecified atom stereocenters. The van der Waals surface area contributed by atoms with Crippen LogP contribution < -0.4 is 5.32 Å². The highest BCUT2D eigenvalue weighted by Crippen LogP contribution is 2.14. The number of anilines is 1. The maximum absolute atomic E-state index is 13.1. The largest absolute Gasteiger partial charge is 0.385 e. The van der Waals surface area contributed by atoms with Gasteiger partial charge in [-0.3, -0.25) is 0 Å². The van der Waals surface area contributed by atoms with E-state index in [1.54, 1.807) is 7.11 Å². The summed E-state index contributed by atoms with van der Waals surface area (Å²) < 4.78 is 43.3. The van der Waals surface area contributed by atoms with Gasteiger partial charge >= 0.3 is 0 Å². The van der Waals surface area contributed by atoms with Crippen molar-refractivity contribution in [3.63, 3.8) is 0 Å². The van der Waals surface area contributed by atoms with Crippen LogP contribution in [0.3, 0.4) is 0 Å². The molecular weight excluding hydrogens is 233 g/mol. The highest BCUT2D eigenvalue weighted by Gasteiger charge is 2.10. The lowest BCUT2D eigenvalue weighted by molar-refractivity contribution is 0.192. The molecule has 0 atom stereocenters. The zero-order valence-electron chi connectivity index (χ0n) is 9.60. The zero-order valence-corrected chi connectivity index (χ0v) is 9.60. The molecule has 0 spiro atoms. The van der Waals surface area contributed by atoms with Gasteiger partial charge in [-0.2, -0.15) is 9.37 Å². The number of nitrogens with one attached hydrogen (secondary N) is 1. The number of hydrogen-bond donors (Lipinski definition) is 1. The molecule has 1 heterocycles. The van der Waals surface area contributed by atoms with Crippen molar-refractivity contribution in [3.05, 3.63) is 23.6 Å². The van der Waals surface area contributed by atoms with Crippen molar-refractivity contribution in [2.75, 3.05) is 25.6 Å². The first-order valence-corrected chi connectivity index (χ1v) is 5.39. The molecule has 0 amide bonds. The predicted molar refractivity (Wildman–Crippen MR) is 58.3 cm³/mol. The zero-order chi connectivity index (χ0) is 12.7. The molecule has 0 aliphatic carbocycles. The monoisotopic (exact) mass is 248 g/mol. The molecule has 0 aliphatic rings. The van der Waals surface area contributed by atoms with E-state index in [1.807, 2.05) is 0 Å². The van der Waals surface area contributed by atoms with Crippen molar-refractivity contribution in [1.82, 2.24) is 4.98 Å². The van der Waals surface area contributed by atoms with E-state index in [4.69, 9.17) is 4.74 Å². The molecule has 1 aromatic rings. The Morgan fingerprint density at radius 1 is 1.18 bits per heavy atom. The minimum absolute atomic E-state index is 0.254. The predicted octanol–water partition coefficient (Wildman–Crippen LogP) is 2.73. The van der Waals surface area contributed by atoms with Crippen molar-refractivity contribution < 1.29 is 17.9 Å². The summed E-state index contributed by atoms with van der Waals surface area (Å²) >= 11 is 0. The second-order valence-corrected chi connectivity index (χ2v) is 3.57. The van der Waals surface area contributed by atoms with Gasteiger partial charge in [0.15, 0.2) is 17.5 Å². The fourth-order valence-electron chi connectivity index (χ4n) is 1.32. The number of ether oxygens (including phenoxy) is 1. The minimum atomic E-state index is -1.30. The molecule has 0 aromatic carbocycles. The van der Waals surface area contributed by atoms with E-state index in [9.17, 15) is 13.2 Å². The highest BCUT2D eigenvalue weighted by atomic mass is 19.2. The van der Waals surface area contributed by atoms with Crippen LogP contribution in [0.25, 0.3) is 0 Å². The van der Waals surface area contributed by atoms with Gasteiger partial charge in [-0.25, -0.2) is 8.78 Å². The molecule has 1 aromatic heterocycles. The van der Waals surface area contributed by atoms with Crippen molar-refractivity contribution in [3.8, 4) is 0 Å². The van der Waals surface area contributed by atoms with E-state index in [2.05, 4.69) is 10.3 Å². The lowest BCUT2D eigenvalue weighted by Crippen LogP contribution is -2.08. The second kappa shape index (κ2) is 7.11. The van der Waals surface area contributed by atoms with Gasteiger partial charge in [0.1, 0.15) is 0 Å². The van der Waals surface area contributed by atoms with Gasteiger partial charge in [0.25, 0.3) is 5.95 Å². The molecule has 0 radical (unpaired) electrons. The molecule has 0 fully saturated rings. The molecule has 96 valence electrons. The minimum Gasteiger partial charge on any atom is -0.385 e. The molecule has 3 nitrogen and oxygen atoms in total. The Hall–Kier alpha value is -1.30. The molecular formula is C11H15F3N2O. The molecule has 0 aliphatic heterocycles. The van der Waals surface area contributed by atoms with Crippen LogP contribution in [-0.2, 0) is 4.74 Å². The number of halogens is 3. The van der Waals surface area contributed by atoms with Crippen molar-refractivity contribution in [1.29, 1.82) is 0 Å². The SMILES string of the molecule is COCCCCCNc1nc(F)c(F)cc1F. The van der Waals surface area contributed by atoms with Gasteiger partial charge < -0.3 is 10.1 Å². The van der Waals surface area contributed by atoms with Crippen LogP contribution in [-0.4, -0.2) is 25.2 Å². The fraction of sp³-hybridized carbons (Fsp3) is 0.545. The molecule has 1 N–H and O–H groups in total. The van der Waals surface area contributed by atoms with E-state index in [-0.39, 0.29) is 5.82 Å². The van der Waals surface area contributed by atoms with Gasteiger partial charge in [-0.15, -0.1) is 0 Å². The highest BCUT2D eigenvalue weighted by molar-refractivity contribution is 5.35. The summed E-state index contributed by atoms with van der Waals surface area (Å²) in [6.45, 7) is 1.14. The third-order valence-electron chi connectivity index (χ3n) is 2.20. The number of pyridine rings is 1. The van der Waals surface area contributed by atoms with Crippen LogP contribution in [0.1, 0.15) is 19.3 Å². The number of nitrogens with zero attached hydrogens (tertiary/aromatic N) is 1. The van der Waals surface area contributed by atoms with Gasteiger partial charge in [0, 0.05) is 26.3 Å². The average molecular weight is 248 g/mol. The normalized spacial score (nSPS) is 10.6. The van der Waals surface area contributed by atoms with E-state index in [0.29, 0.717) is 19.2 Å². The van der Waals surface area contributed by atoms with Crippen LogP contribution in [0, 0.1) is 17.6 Å². The second-order valence-electron chi connectivity index (χ2n) is 3.57. The molecule has 0 saturated heterocycles. The number of rotatable bonds is 7. The fourth-order valence-corrected chi connectivity index (χ4v) is 1.32. The van der Waals surface area contributed by atoms with Crippen molar-refractivity contribution >= 4 is 5.82 Å². The quantitative estimate of drug-likeness (QED) is 0.595. The standard InChI is InChI=1S/C11H15F3N2O/c1-17-6-4-2-3-5-15-11-9(13)7-8(12)10(14)16-11/h7H,2-6H2,1H3,(H,15,16). The van der Waals surface area contributed by atoms with Crippen LogP contribution >= 0.6 is 0 Å². The lowest BCUT2D eigenvalue weighted by Gasteiger charge is -2.06. The number of hydrogen-bond acceptors (Lipinski definition) is 3. The average Bonchev–Trinajstić information content (AvgIpc) is 2.30. The molecule has 0 bridgehead atoms. The Bertz CT molecular complexity index is 361. The summed E-state index contributed by atoms with van der Waals surface area (Å²) in [4.78, 5) is 3.15. The summed E-state index contributed by atoms with van der Waals surface area (Å²) in [6.07, 6.45) is 2.60. The maximum atomic E-state index is 13.1. The third-order valence-corrected chi connectivity index (χ3v) is 2.20. The van der Waals surface area contributed by atoms with E-state index in [1.165, 1.54) is 0 Å². The Morgan fingerprint density at radius 2 is 1.94 bits per heavy atom. The molecule has 0 saturated carbocycles. The smallest absolute Gasteiger partial charge is 0.251 e. The Morgan fingerprint density at radius 3 is 2.65 bits per heavy atom. The first-order valence-electron chi connectivity index (χ1n) is 5.39. The Kier molecular flexibility index (Phi) is 5.76. The molecule has 6 heteroatoms.